The summed E-state index contributed by atoms with van der Waals surface area (Å²) in [5, 5.41) is 7.36. The zero-order chi connectivity index (χ0) is 21.5. The van der Waals surface area contributed by atoms with Crippen molar-refractivity contribution in [2.75, 3.05) is 55.7 Å². The Balaban J connectivity index is 5.10. The summed E-state index contributed by atoms with van der Waals surface area (Å²) in [5.74, 6) is 0. The van der Waals surface area contributed by atoms with Gasteiger partial charge in [0, 0.05) is 55.7 Å². The van der Waals surface area contributed by atoms with Gasteiger partial charge < -0.3 is 37.2 Å². The van der Waals surface area contributed by atoms with Gasteiger partial charge in [-0.25, -0.2) is 0 Å². The van der Waals surface area contributed by atoms with Crippen LogP contribution >= 0.6 is 0 Å². The predicted octanol–water partition coefficient (Wildman–Crippen LogP) is -1.32. The van der Waals surface area contributed by atoms with E-state index in [1.165, 1.54) is 0 Å². The molecule has 0 aromatic carbocycles. The van der Waals surface area contributed by atoms with E-state index in [0.717, 1.165) is 13.1 Å². The van der Waals surface area contributed by atoms with E-state index < -0.39 is 0 Å². The molecule has 14 heteroatoms. The van der Waals surface area contributed by atoms with Gasteiger partial charge in [0.25, 0.3) is 0 Å². The molecule has 12 radical (unpaired) electrons. The molecule has 0 amide bonds. The van der Waals surface area contributed by atoms with Gasteiger partial charge in [-0.2, -0.15) is 0 Å². The summed E-state index contributed by atoms with van der Waals surface area (Å²) in [5.41, 5.74) is 0.545. The largest absolute Gasteiger partial charge is 0.420 e. The van der Waals surface area contributed by atoms with Crippen molar-refractivity contribution < 1.29 is 26.6 Å². The van der Waals surface area contributed by atoms with Crippen molar-refractivity contribution in [3.63, 3.8) is 0 Å². The zero-order valence-electron chi connectivity index (χ0n) is 18.0. The Labute approximate surface area is 185 Å². The minimum atomic E-state index is -0.255. The molecule has 0 fully saturated rings. The highest BCUT2D eigenvalue weighted by Gasteiger charge is 2.42. The Kier molecular flexibility index (Phi) is 17.2. The van der Waals surface area contributed by atoms with E-state index in [9.17, 15) is 0 Å². The molecule has 0 saturated carbocycles. The van der Waals surface area contributed by atoms with Crippen LogP contribution in [0.3, 0.4) is 0 Å². The maximum Gasteiger partial charge on any atom is 0.250 e. The third-order valence-corrected chi connectivity index (χ3v) is 12.8. The molecule has 2 atom stereocenters. The fraction of sp³-hybridized carbons (Fsp3) is 1.00. The summed E-state index contributed by atoms with van der Waals surface area (Å²) in [4.78, 5) is -0.509. The van der Waals surface area contributed by atoms with Crippen LogP contribution in [0, 0.1) is 0 Å². The van der Waals surface area contributed by atoms with Crippen LogP contribution in [0.2, 0.25) is 11.1 Å². The summed E-state index contributed by atoms with van der Waals surface area (Å²) >= 11 is 0. The van der Waals surface area contributed by atoms with Crippen LogP contribution in [0.15, 0.2) is 0 Å². The Morgan fingerprint density at radius 1 is 0.571 bits per heavy atom. The number of hydrogen-bond acceptors (Lipinski definition) is 8. The molecule has 8 nitrogen and oxygen atoms in total. The van der Waals surface area contributed by atoms with Gasteiger partial charge in [-0.15, -0.1) is 0 Å². The van der Waals surface area contributed by atoms with Crippen molar-refractivity contribution >= 4 is 58.6 Å². The minimum Gasteiger partial charge on any atom is -0.420 e. The first kappa shape index (κ1) is 29.0. The number of nitrogens with one attached hydrogen (secondary N) is 2. The first-order valence-corrected chi connectivity index (χ1v) is 14.3. The van der Waals surface area contributed by atoms with Crippen LogP contribution in [0.4, 0.5) is 0 Å². The molecule has 0 aromatic rings. The molecule has 0 spiro atoms. The molecule has 28 heavy (non-hydrogen) atoms. The third kappa shape index (κ3) is 9.42. The van der Waals surface area contributed by atoms with Crippen molar-refractivity contribution in [2.24, 2.45) is 0 Å². The van der Waals surface area contributed by atoms with Crippen LogP contribution in [0.25, 0.3) is 0 Å². The molecule has 0 heterocycles. The van der Waals surface area contributed by atoms with E-state index in [4.69, 9.17) is 26.6 Å². The van der Waals surface area contributed by atoms with Gasteiger partial charge in [0.2, 0.25) is 58.6 Å². The molecule has 0 rings (SSSR count). The zero-order valence-corrected chi connectivity index (χ0v) is 24.0. The van der Waals surface area contributed by atoms with E-state index in [1.54, 1.807) is 42.7 Å². The molecule has 0 saturated heterocycles. The second-order valence-electron chi connectivity index (χ2n) is 5.78. The van der Waals surface area contributed by atoms with Crippen molar-refractivity contribution in [3.8, 4) is 0 Å². The van der Waals surface area contributed by atoms with E-state index in [-0.39, 0.29) is 59.7 Å². The van der Waals surface area contributed by atoms with Crippen LogP contribution < -0.4 is 10.6 Å². The molecule has 0 aliphatic carbocycles. The van der Waals surface area contributed by atoms with Gasteiger partial charge in [0.05, 0.1) is 9.57 Å². The van der Waals surface area contributed by atoms with Gasteiger partial charge in [0.15, 0.2) is 0 Å². The Bertz CT molecular complexity index is 344. The first-order chi connectivity index (χ1) is 13.4. The topological polar surface area (TPSA) is 79.4 Å². The Hall–Kier alpha value is 0.981. The highest BCUT2D eigenvalue weighted by Crippen LogP contribution is 2.22. The van der Waals surface area contributed by atoms with Crippen molar-refractivity contribution in [2.45, 2.75) is 34.5 Å². The lowest BCUT2D eigenvalue weighted by Crippen LogP contribution is -2.64. The standard InChI is InChI=1S/C14H32N2O6Si6/c1-11(23-17-3)13(25-19-5,26-20-6)15-9-10-16-14(27-21-7,28-22-8)12(2)24-18-4/h11-12,15-16H,9-10H2,1-8H3. The fourth-order valence-corrected chi connectivity index (χ4v) is 9.56. The maximum atomic E-state index is 5.54. The smallest absolute Gasteiger partial charge is 0.250 e. The quantitative estimate of drug-likeness (QED) is 0.170. The van der Waals surface area contributed by atoms with Gasteiger partial charge in [0.1, 0.15) is 0 Å². The second-order valence-corrected chi connectivity index (χ2v) is 15.4. The van der Waals surface area contributed by atoms with Gasteiger partial charge in [-0.1, -0.05) is 13.8 Å². The van der Waals surface area contributed by atoms with Crippen molar-refractivity contribution in [1.82, 2.24) is 10.6 Å². The van der Waals surface area contributed by atoms with Crippen molar-refractivity contribution in [3.05, 3.63) is 0 Å². The first-order valence-electron chi connectivity index (χ1n) is 8.69. The molecular weight excluding hydrogens is 461 g/mol. The third-order valence-electron chi connectivity index (χ3n) is 3.87. The van der Waals surface area contributed by atoms with E-state index >= 15 is 0 Å². The normalized spacial score (nSPS) is 15.0. The molecular formula is C14H32N2O6Si6. The summed E-state index contributed by atoms with van der Waals surface area (Å²) in [6, 6.07) is 0. The summed E-state index contributed by atoms with van der Waals surface area (Å²) < 4.78 is 33.0. The van der Waals surface area contributed by atoms with Crippen molar-refractivity contribution in [1.29, 1.82) is 0 Å². The summed E-state index contributed by atoms with van der Waals surface area (Å²) in [6.45, 7) is 5.87. The number of rotatable bonds is 19. The van der Waals surface area contributed by atoms with E-state index in [2.05, 4.69) is 24.5 Å². The lowest BCUT2D eigenvalue weighted by atomic mass is 10.4. The monoisotopic (exact) mass is 492 g/mol. The fourth-order valence-electron chi connectivity index (χ4n) is 2.54. The SMILES string of the molecule is CO[Si]C(C)C(NCCNC([Si]OC)([Si]OC)C(C)[Si]OC)([Si]OC)[Si]OC. The van der Waals surface area contributed by atoms with E-state index in [1.807, 2.05) is 0 Å². The van der Waals surface area contributed by atoms with Gasteiger partial charge in [-0.3, -0.25) is 0 Å². The molecule has 0 aliphatic rings. The lowest BCUT2D eigenvalue weighted by molar-refractivity contribution is 0.339. The molecule has 158 valence electrons. The Morgan fingerprint density at radius 2 is 0.857 bits per heavy atom. The van der Waals surface area contributed by atoms with Crippen LogP contribution in [0.1, 0.15) is 13.8 Å². The second kappa shape index (κ2) is 16.6. The maximum absolute atomic E-state index is 5.54. The summed E-state index contributed by atoms with van der Waals surface area (Å²) in [6.07, 6.45) is 0. The average molecular weight is 493 g/mol. The highest BCUT2D eigenvalue weighted by molar-refractivity contribution is 6.60. The summed E-state index contributed by atoms with van der Waals surface area (Å²) in [7, 11) is 12.2. The Morgan fingerprint density at radius 3 is 1.07 bits per heavy atom. The van der Waals surface area contributed by atoms with Crippen LogP contribution in [-0.4, -0.2) is 124 Å². The van der Waals surface area contributed by atoms with Crippen LogP contribution in [-0.2, 0) is 26.6 Å². The highest BCUT2D eigenvalue weighted by atomic mass is 28.3. The predicted molar refractivity (Wildman–Crippen MR) is 117 cm³/mol. The average Bonchev–Trinajstić information content (AvgIpc) is 2.66. The van der Waals surface area contributed by atoms with Crippen LogP contribution in [0.5, 0.6) is 0 Å². The molecule has 0 aromatic heterocycles. The molecule has 0 aliphatic heterocycles. The molecule has 2 unspecified atom stereocenters. The lowest BCUT2D eigenvalue weighted by Gasteiger charge is -2.38. The van der Waals surface area contributed by atoms with E-state index in [0.29, 0.717) is 19.5 Å². The molecule has 0 bridgehead atoms. The van der Waals surface area contributed by atoms with Gasteiger partial charge in [-0.05, 0) is 11.1 Å². The van der Waals surface area contributed by atoms with Gasteiger partial charge >= 0.3 is 0 Å². The minimum absolute atomic E-state index is 0.255. The number of hydrogen-bond donors (Lipinski definition) is 2. The molecule has 2 N–H and O–H groups in total.